The van der Waals surface area contributed by atoms with Crippen LogP contribution in [0.1, 0.15) is 32.6 Å². The molecule has 0 aromatic rings. The van der Waals surface area contributed by atoms with Gasteiger partial charge in [0, 0.05) is 19.0 Å². The number of piperidine rings is 1. The highest BCUT2D eigenvalue weighted by Gasteiger charge is 2.15. The molecule has 4 heteroatoms. The first kappa shape index (κ1) is 14.5. The molecule has 0 radical (unpaired) electrons. The number of nitrogens with zero attached hydrogens (tertiary/aromatic N) is 1. The van der Waals surface area contributed by atoms with E-state index in [1.165, 1.54) is 12.8 Å². The predicted molar refractivity (Wildman–Crippen MR) is 71.0 cm³/mol. The summed E-state index contributed by atoms with van der Waals surface area (Å²) in [5.74, 6) is 0.948. The van der Waals surface area contributed by atoms with Crippen molar-refractivity contribution in [1.82, 2.24) is 15.5 Å². The first-order valence-electron chi connectivity index (χ1n) is 6.72. The van der Waals surface area contributed by atoms with Crippen molar-refractivity contribution in [3.05, 3.63) is 0 Å². The van der Waals surface area contributed by atoms with E-state index >= 15 is 0 Å². The predicted octanol–water partition coefficient (Wildman–Crippen LogP) is 0.833. The summed E-state index contributed by atoms with van der Waals surface area (Å²) in [6.45, 7) is 5.19. The largest absolute Gasteiger partial charge is 0.352 e. The first-order valence-corrected chi connectivity index (χ1v) is 6.72. The van der Waals surface area contributed by atoms with Gasteiger partial charge in [0.2, 0.25) is 5.91 Å². The van der Waals surface area contributed by atoms with Crippen molar-refractivity contribution in [3.8, 4) is 0 Å². The average molecular weight is 241 g/mol. The molecule has 0 saturated carbocycles. The Labute approximate surface area is 105 Å². The minimum atomic E-state index is 0.206. The van der Waals surface area contributed by atoms with E-state index in [2.05, 4.69) is 22.5 Å². The maximum absolute atomic E-state index is 11.7. The van der Waals surface area contributed by atoms with E-state index in [1.807, 2.05) is 14.1 Å². The highest BCUT2D eigenvalue weighted by Crippen LogP contribution is 2.17. The lowest BCUT2D eigenvalue weighted by molar-refractivity contribution is -0.122. The molecule has 2 N–H and O–H groups in total. The number of amides is 1. The van der Waals surface area contributed by atoms with Gasteiger partial charge in [-0.25, -0.2) is 0 Å². The summed E-state index contributed by atoms with van der Waals surface area (Å²) in [5.41, 5.74) is 0. The quantitative estimate of drug-likeness (QED) is 0.724. The summed E-state index contributed by atoms with van der Waals surface area (Å²) in [5, 5.41) is 6.40. The van der Waals surface area contributed by atoms with Crippen LogP contribution < -0.4 is 10.6 Å². The van der Waals surface area contributed by atoms with E-state index in [-0.39, 0.29) is 11.9 Å². The molecule has 1 aliphatic rings. The standard InChI is InChI=1S/C13H27N3O/c1-11(10-16(2)3)15-13(17)5-4-12-6-8-14-9-7-12/h11-12,14H,4-10H2,1-3H3,(H,15,17). The summed E-state index contributed by atoms with van der Waals surface area (Å²) in [7, 11) is 4.05. The molecule has 0 bridgehead atoms. The Morgan fingerprint density at radius 2 is 2.06 bits per heavy atom. The molecule has 1 unspecified atom stereocenters. The third-order valence-electron chi connectivity index (χ3n) is 3.28. The lowest BCUT2D eigenvalue weighted by atomic mass is 9.93. The molecule has 0 aromatic heterocycles. The van der Waals surface area contributed by atoms with E-state index in [9.17, 15) is 4.79 Å². The Morgan fingerprint density at radius 3 is 2.65 bits per heavy atom. The van der Waals surface area contributed by atoms with Gasteiger partial charge in [-0.2, -0.15) is 0 Å². The maximum atomic E-state index is 11.7. The molecule has 1 atom stereocenters. The zero-order valence-electron chi connectivity index (χ0n) is 11.5. The fourth-order valence-electron chi connectivity index (χ4n) is 2.45. The second-order valence-electron chi connectivity index (χ2n) is 5.46. The molecule has 1 amide bonds. The van der Waals surface area contributed by atoms with Crippen LogP contribution in [0.2, 0.25) is 0 Å². The Bertz CT molecular complexity index is 225. The molecule has 0 aliphatic carbocycles. The number of carbonyl (C=O) groups excluding carboxylic acids is 1. The summed E-state index contributed by atoms with van der Waals surface area (Å²) < 4.78 is 0. The molecule has 1 heterocycles. The molecule has 1 aliphatic heterocycles. The number of likely N-dealkylation sites (N-methyl/N-ethyl adjacent to an activating group) is 1. The van der Waals surface area contributed by atoms with Gasteiger partial charge >= 0.3 is 0 Å². The van der Waals surface area contributed by atoms with Crippen molar-refractivity contribution in [1.29, 1.82) is 0 Å². The highest BCUT2D eigenvalue weighted by molar-refractivity contribution is 5.76. The van der Waals surface area contributed by atoms with Gasteiger partial charge in [-0.1, -0.05) is 0 Å². The monoisotopic (exact) mass is 241 g/mol. The van der Waals surface area contributed by atoms with Crippen molar-refractivity contribution < 1.29 is 4.79 Å². The minimum absolute atomic E-state index is 0.206. The topological polar surface area (TPSA) is 44.4 Å². The molecule has 17 heavy (non-hydrogen) atoms. The van der Waals surface area contributed by atoms with E-state index in [1.54, 1.807) is 0 Å². The van der Waals surface area contributed by atoms with Crippen LogP contribution in [0.25, 0.3) is 0 Å². The summed E-state index contributed by atoms with van der Waals surface area (Å²) in [6.07, 6.45) is 4.17. The SMILES string of the molecule is CC(CN(C)C)NC(=O)CCC1CCNCC1. The van der Waals surface area contributed by atoms with Crippen LogP contribution in [0, 0.1) is 5.92 Å². The van der Waals surface area contributed by atoms with Crippen LogP contribution in [0.4, 0.5) is 0 Å². The van der Waals surface area contributed by atoms with Crippen molar-refractivity contribution in [2.45, 2.75) is 38.6 Å². The Hall–Kier alpha value is -0.610. The Morgan fingerprint density at radius 1 is 1.41 bits per heavy atom. The Balaban J connectivity index is 2.11. The summed E-state index contributed by atoms with van der Waals surface area (Å²) in [4.78, 5) is 13.8. The van der Waals surface area contributed by atoms with Gasteiger partial charge in [-0.05, 0) is 59.3 Å². The van der Waals surface area contributed by atoms with Crippen molar-refractivity contribution >= 4 is 5.91 Å². The van der Waals surface area contributed by atoms with Crippen LogP contribution >= 0.6 is 0 Å². The first-order chi connectivity index (χ1) is 8.08. The van der Waals surface area contributed by atoms with Gasteiger partial charge in [-0.3, -0.25) is 4.79 Å². The van der Waals surface area contributed by atoms with Crippen LogP contribution in [0.5, 0.6) is 0 Å². The van der Waals surface area contributed by atoms with Gasteiger partial charge in [-0.15, -0.1) is 0 Å². The smallest absolute Gasteiger partial charge is 0.220 e. The summed E-state index contributed by atoms with van der Waals surface area (Å²) >= 11 is 0. The molecular formula is C13H27N3O. The van der Waals surface area contributed by atoms with E-state index in [0.717, 1.165) is 32.0 Å². The molecule has 100 valence electrons. The average Bonchev–Trinajstić information content (AvgIpc) is 2.26. The van der Waals surface area contributed by atoms with Crippen molar-refractivity contribution in [2.24, 2.45) is 5.92 Å². The van der Waals surface area contributed by atoms with Crippen LogP contribution in [0.15, 0.2) is 0 Å². The highest BCUT2D eigenvalue weighted by atomic mass is 16.1. The van der Waals surface area contributed by atoms with E-state index in [4.69, 9.17) is 0 Å². The number of hydrogen-bond donors (Lipinski definition) is 2. The lowest BCUT2D eigenvalue weighted by Crippen LogP contribution is -2.39. The fourth-order valence-corrected chi connectivity index (χ4v) is 2.45. The fraction of sp³-hybridized carbons (Fsp3) is 0.923. The van der Waals surface area contributed by atoms with Gasteiger partial charge in [0.15, 0.2) is 0 Å². The second kappa shape index (κ2) is 7.67. The molecule has 0 spiro atoms. The third-order valence-corrected chi connectivity index (χ3v) is 3.28. The second-order valence-corrected chi connectivity index (χ2v) is 5.46. The molecular weight excluding hydrogens is 214 g/mol. The zero-order chi connectivity index (χ0) is 12.7. The van der Waals surface area contributed by atoms with Gasteiger partial charge in [0.1, 0.15) is 0 Å². The van der Waals surface area contributed by atoms with Crippen LogP contribution in [-0.4, -0.2) is 50.6 Å². The molecule has 1 fully saturated rings. The van der Waals surface area contributed by atoms with Gasteiger partial charge < -0.3 is 15.5 Å². The molecule has 0 aromatic carbocycles. The van der Waals surface area contributed by atoms with Gasteiger partial charge in [0.25, 0.3) is 0 Å². The van der Waals surface area contributed by atoms with E-state index in [0.29, 0.717) is 6.42 Å². The maximum Gasteiger partial charge on any atom is 0.220 e. The Kier molecular flexibility index (Phi) is 6.52. The van der Waals surface area contributed by atoms with Gasteiger partial charge in [0.05, 0.1) is 0 Å². The van der Waals surface area contributed by atoms with Crippen molar-refractivity contribution in [2.75, 3.05) is 33.7 Å². The number of rotatable bonds is 6. The van der Waals surface area contributed by atoms with E-state index < -0.39 is 0 Å². The van der Waals surface area contributed by atoms with Crippen molar-refractivity contribution in [3.63, 3.8) is 0 Å². The zero-order valence-corrected chi connectivity index (χ0v) is 11.5. The molecule has 4 nitrogen and oxygen atoms in total. The normalized spacial score (nSPS) is 19.3. The lowest BCUT2D eigenvalue weighted by Gasteiger charge is -2.23. The van der Waals surface area contributed by atoms with Crippen LogP contribution in [0.3, 0.4) is 0 Å². The molecule has 1 rings (SSSR count). The number of hydrogen-bond acceptors (Lipinski definition) is 3. The minimum Gasteiger partial charge on any atom is -0.352 e. The number of nitrogens with one attached hydrogen (secondary N) is 2. The third kappa shape index (κ3) is 6.64. The van der Waals surface area contributed by atoms with Crippen LogP contribution in [-0.2, 0) is 4.79 Å². The molecule has 1 saturated heterocycles. The summed E-state index contributed by atoms with van der Waals surface area (Å²) in [6, 6.07) is 0.241. The number of carbonyl (C=O) groups is 1.